The third kappa shape index (κ3) is 4.70. The smallest absolute Gasteiger partial charge is 0.311 e. The largest absolute Gasteiger partial charge is 0.455 e. The highest BCUT2D eigenvalue weighted by Gasteiger charge is 2.36. The number of rotatable bonds is 5. The molecule has 1 atom stereocenters. The Hall–Kier alpha value is -3.15. The molecule has 1 fully saturated rings. The first-order chi connectivity index (χ1) is 14.2. The Kier molecular flexibility index (Phi) is 6.25. The van der Waals surface area contributed by atoms with Crippen molar-refractivity contribution in [3.8, 4) is 0 Å². The maximum Gasteiger partial charge on any atom is 0.311 e. The zero-order chi connectivity index (χ0) is 22.0. The number of ether oxygens (including phenoxy) is 1. The van der Waals surface area contributed by atoms with Crippen molar-refractivity contribution in [3.63, 3.8) is 0 Å². The molecule has 30 heavy (non-hydrogen) atoms. The Morgan fingerprint density at radius 2 is 1.67 bits per heavy atom. The van der Waals surface area contributed by atoms with Crippen molar-refractivity contribution in [1.82, 2.24) is 0 Å². The van der Waals surface area contributed by atoms with Gasteiger partial charge >= 0.3 is 5.97 Å². The second kappa shape index (κ2) is 8.69. The molecule has 0 aliphatic carbocycles. The van der Waals surface area contributed by atoms with Crippen molar-refractivity contribution >= 4 is 29.2 Å². The van der Waals surface area contributed by atoms with Crippen LogP contribution in [0.4, 0.5) is 11.4 Å². The highest BCUT2D eigenvalue weighted by molar-refractivity contribution is 6.00. The summed E-state index contributed by atoms with van der Waals surface area (Å²) in [6, 6.07) is 9.76. The van der Waals surface area contributed by atoms with Crippen molar-refractivity contribution in [2.24, 2.45) is 5.92 Å². The second-order valence-corrected chi connectivity index (χ2v) is 8.10. The number of anilines is 2. The van der Waals surface area contributed by atoms with Crippen LogP contribution in [0, 0.1) is 40.5 Å². The fraction of sp³-hybridized carbons (Fsp3) is 0.375. The topological polar surface area (TPSA) is 75.7 Å². The average Bonchev–Trinajstić information content (AvgIpc) is 3.06. The van der Waals surface area contributed by atoms with Crippen LogP contribution in [0.25, 0.3) is 0 Å². The van der Waals surface area contributed by atoms with Crippen LogP contribution < -0.4 is 10.2 Å². The summed E-state index contributed by atoms with van der Waals surface area (Å²) in [7, 11) is 0. The van der Waals surface area contributed by atoms with Crippen molar-refractivity contribution in [3.05, 3.63) is 58.1 Å². The molecule has 2 amide bonds. The van der Waals surface area contributed by atoms with Gasteiger partial charge in [0, 0.05) is 24.3 Å². The van der Waals surface area contributed by atoms with Crippen LogP contribution in [0.15, 0.2) is 30.3 Å². The molecule has 2 aromatic rings. The molecular weight excluding hydrogens is 380 g/mol. The lowest BCUT2D eigenvalue weighted by molar-refractivity contribution is -0.151. The quantitative estimate of drug-likeness (QED) is 0.765. The number of carbonyl (C=O) groups excluding carboxylic acids is 3. The van der Waals surface area contributed by atoms with E-state index in [0.717, 1.165) is 39.2 Å². The third-order valence-electron chi connectivity index (χ3n) is 5.55. The molecule has 3 rings (SSSR count). The Balaban J connectivity index is 1.57. The standard InChI is InChI=1S/C24H28N2O4/c1-14-8-17(4)23(18(5)9-14)25-21(27)13-30-24(29)19-11-22(28)26(12-19)20-7-6-15(2)16(3)10-20/h6-10,19H,11-13H2,1-5H3,(H,25,27)/t19-/m0/s1. The van der Waals surface area contributed by atoms with Crippen LogP contribution in [0.2, 0.25) is 0 Å². The first kappa shape index (κ1) is 21.6. The molecule has 1 N–H and O–H groups in total. The van der Waals surface area contributed by atoms with Crippen LogP contribution >= 0.6 is 0 Å². The summed E-state index contributed by atoms with van der Waals surface area (Å²) in [5, 5.41) is 2.81. The Morgan fingerprint density at radius 1 is 1.00 bits per heavy atom. The van der Waals surface area contributed by atoms with Crippen molar-refractivity contribution in [2.45, 2.75) is 41.0 Å². The maximum atomic E-state index is 12.4. The summed E-state index contributed by atoms with van der Waals surface area (Å²) < 4.78 is 5.21. The molecule has 6 heteroatoms. The van der Waals surface area contributed by atoms with Gasteiger partial charge in [-0.05, 0) is 69.0 Å². The van der Waals surface area contributed by atoms with Gasteiger partial charge in [0.05, 0.1) is 5.92 Å². The summed E-state index contributed by atoms with van der Waals surface area (Å²) in [4.78, 5) is 38.7. The minimum Gasteiger partial charge on any atom is -0.455 e. The molecule has 1 aliphatic rings. The molecule has 0 saturated carbocycles. The normalized spacial score (nSPS) is 16.0. The Bertz CT molecular complexity index is 989. The highest BCUT2D eigenvalue weighted by atomic mass is 16.5. The van der Waals surface area contributed by atoms with E-state index in [1.54, 1.807) is 4.90 Å². The highest BCUT2D eigenvalue weighted by Crippen LogP contribution is 2.27. The zero-order valence-electron chi connectivity index (χ0n) is 18.2. The van der Waals surface area contributed by atoms with Crippen molar-refractivity contribution in [2.75, 3.05) is 23.4 Å². The Labute approximate surface area is 177 Å². The number of amides is 2. The van der Waals surface area contributed by atoms with Gasteiger partial charge < -0.3 is 15.0 Å². The van der Waals surface area contributed by atoms with Crippen LogP contribution in [0.1, 0.15) is 34.2 Å². The summed E-state index contributed by atoms with van der Waals surface area (Å²) in [6.07, 6.45) is 0.0869. The number of nitrogens with zero attached hydrogens (tertiary/aromatic N) is 1. The summed E-state index contributed by atoms with van der Waals surface area (Å²) in [5.74, 6) is -1.61. The van der Waals surface area contributed by atoms with E-state index in [0.29, 0.717) is 0 Å². The predicted octanol–water partition coefficient (Wildman–Crippen LogP) is 3.76. The molecule has 0 radical (unpaired) electrons. The second-order valence-electron chi connectivity index (χ2n) is 8.10. The van der Waals surface area contributed by atoms with Crippen molar-refractivity contribution < 1.29 is 19.1 Å². The minimum absolute atomic E-state index is 0.0869. The molecule has 1 heterocycles. The molecular formula is C24H28N2O4. The number of nitrogens with one attached hydrogen (secondary N) is 1. The van der Waals surface area contributed by atoms with Gasteiger partial charge in [-0.3, -0.25) is 14.4 Å². The van der Waals surface area contributed by atoms with Gasteiger partial charge in [-0.1, -0.05) is 23.8 Å². The van der Waals surface area contributed by atoms with Gasteiger partial charge in [0.15, 0.2) is 6.61 Å². The monoisotopic (exact) mass is 408 g/mol. The minimum atomic E-state index is -0.574. The molecule has 0 aromatic heterocycles. The van der Waals surface area contributed by atoms with Gasteiger partial charge in [0.2, 0.25) is 5.91 Å². The molecule has 0 unspecified atom stereocenters. The van der Waals surface area contributed by atoms with E-state index in [1.165, 1.54) is 0 Å². The lowest BCUT2D eigenvalue weighted by Gasteiger charge is -2.18. The number of benzene rings is 2. The SMILES string of the molecule is Cc1cc(C)c(NC(=O)COC(=O)[C@H]2CC(=O)N(c3ccc(C)c(C)c3)C2)c(C)c1. The lowest BCUT2D eigenvalue weighted by atomic mass is 10.1. The van der Waals surface area contributed by atoms with E-state index < -0.39 is 17.8 Å². The van der Waals surface area contributed by atoms with Crippen LogP contribution in [0.5, 0.6) is 0 Å². The van der Waals surface area contributed by atoms with Gasteiger partial charge in [-0.15, -0.1) is 0 Å². The van der Waals surface area contributed by atoms with Crippen molar-refractivity contribution in [1.29, 1.82) is 0 Å². The number of hydrogen-bond donors (Lipinski definition) is 1. The van der Waals surface area contributed by atoms with E-state index in [4.69, 9.17) is 4.74 Å². The van der Waals surface area contributed by atoms with Gasteiger partial charge in [-0.2, -0.15) is 0 Å². The maximum absolute atomic E-state index is 12.4. The molecule has 0 bridgehead atoms. The van der Waals surface area contributed by atoms with Gasteiger partial charge in [0.1, 0.15) is 0 Å². The average molecular weight is 408 g/mol. The summed E-state index contributed by atoms with van der Waals surface area (Å²) >= 11 is 0. The lowest BCUT2D eigenvalue weighted by Crippen LogP contribution is -2.28. The van der Waals surface area contributed by atoms with E-state index >= 15 is 0 Å². The number of aryl methyl sites for hydroxylation is 5. The number of hydrogen-bond acceptors (Lipinski definition) is 4. The van der Waals surface area contributed by atoms with E-state index in [-0.39, 0.29) is 25.5 Å². The van der Waals surface area contributed by atoms with E-state index in [1.807, 2.05) is 65.0 Å². The predicted molar refractivity (Wildman–Crippen MR) is 117 cm³/mol. The molecule has 6 nitrogen and oxygen atoms in total. The first-order valence-corrected chi connectivity index (χ1v) is 10.1. The van der Waals surface area contributed by atoms with E-state index in [9.17, 15) is 14.4 Å². The summed E-state index contributed by atoms with van der Waals surface area (Å²) in [6.45, 7) is 9.73. The fourth-order valence-corrected chi connectivity index (χ4v) is 3.82. The van der Waals surface area contributed by atoms with Crippen LogP contribution in [-0.2, 0) is 19.1 Å². The number of esters is 1. The van der Waals surface area contributed by atoms with Crippen LogP contribution in [0.3, 0.4) is 0 Å². The zero-order valence-corrected chi connectivity index (χ0v) is 18.2. The summed E-state index contributed by atoms with van der Waals surface area (Å²) in [5.41, 5.74) is 6.78. The first-order valence-electron chi connectivity index (χ1n) is 10.1. The fourth-order valence-electron chi connectivity index (χ4n) is 3.82. The van der Waals surface area contributed by atoms with Gasteiger partial charge in [-0.25, -0.2) is 0 Å². The molecule has 158 valence electrons. The van der Waals surface area contributed by atoms with Gasteiger partial charge in [0.25, 0.3) is 5.91 Å². The third-order valence-corrected chi connectivity index (χ3v) is 5.55. The van der Waals surface area contributed by atoms with E-state index in [2.05, 4.69) is 5.32 Å². The number of carbonyl (C=O) groups is 3. The molecule has 2 aromatic carbocycles. The molecule has 1 aliphatic heterocycles. The Morgan fingerprint density at radius 3 is 2.30 bits per heavy atom. The molecule has 1 saturated heterocycles. The van der Waals surface area contributed by atoms with Crippen LogP contribution in [-0.4, -0.2) is 30.9 Å². The molecule has 0 spiro atoms.